The number of anilines is 2. The molecule has 2 aromatic carbocycles. The van der Waals surface area contributed by atoms with Crippen molar-refractivity contribution in [2.24, 2.45) is 0 Å². The lowest BCUT2D eigenvalue weighted by molar-refractivity contribution is 0.0549. The number of carbonyl (C=O) groups excluding carboxylic acids is 3. The van der Waals surface area contributed by atoms with Gasteiger partial charge in [-0.15, -0.1) is 0 Å². The smallest absolute Gasteiger partial charge is 0.308 e. The first-order valence-corrected chi connectivity index (χ1v) is 10.1. The van der Waals surface area contributed by atoms with Crippen LogP contribution < -0.4 is 10.6 Å². The zero-order valence-corrected chi connectivity index (χ0v) is 16.7. The first-order valence-electron chi connectivity index (χ1n) is 10.1. The highest BCUT2D eigenvalue weighted by atomic mass is 16.2. The van der Waals surface area contributed by atoms with Gasteiger partial charge in [-0.05, 0) is 62.1 Å². The SMILES string of the molecule is Cc1ccc(C)c(NC(=O)Nc2ccc3c(c2)C(=O)N(C2CCCCC2)C3=O)c1. The Kier molecular flexibility index (Phi) is 5.09. The highest BCUT2D eigenvalue weighted by Gasteiger charge is 2.40. The number of carbonyl (C=O) groups is 3. The fraction of sp³-hybridized carbons (Fsp3) is 0.348. The van der Waals surface area contributed by atoms with E-state index in [1.165, 1.54) is 4.90 Å². The van der Waals surface area contributed by atoms with Crippen LogP contribution in [0.1, 0.15) is 63.9 Å². The summed E-state index contributed by atoms with van der Waals surface area (Å²) in [5.41, 5.74) is 4.02. The highest BCUT2D eigenvalue weighted by Crippen LogP contribution is 2.32. The molecule has 0 spiro atoms. The third-order valence-corrected chi connectivity index (χ3v) is 5.76. The van der Waals surface area contributed by atoms with E-state index in [-0.39, 0.29) is 23.9 Å². The number of hydrogen-bond acceptors (Lipinski definition) is 3. The fourth-order valence-corrected chi connectivity index (χ4v) is 4.16. The molecule has 29 heavy (non-hydrogen) atoms. The van der Waals surface area contributed by atoms with E-state index in [4.69, 9.17) is 0 Å². The number of imide groups is 1. The molecule has 1 fully saturated rings. The summed E-state index contributed by atoms with van der Waals surface area (Å²) < 4.78 is 0. The molecule has 0 unspecified atom stereocenters. The number of aryl methyl sites for hydroxylation is 2. The molecule has 4 rings (SSSR count). The summed E-state index contributed by atoms with van der Waals surface area (Å²) >= 11 is 0. The Bertz CT molecular complexity index is 993. The van der Waals surface area contributed by atoms with Crippen molar-refractivity contribution >= 4 is 29.2 Å². The van der Waals surface area contributed by atoms with E-state index < -0.39 is 0 Å². The van der Waals surface area contributed by atoms with Crippen molar-refractivity contribution in [2.45, 2.75) is 52.0 Å². The molecule has 6 nitrogen and oxygen atoms in total. The lowest BCUT2D eigenvalue weighted by Crippen LogP contribution is -2.40. The Morgan fingerprint density at radius 1 is 0.897 bits per heavy atom. The number of fused-ring (bicyclic) bond motifs is 1. The van der Waals surface area contributed by atoms with Crippen molar-refractivity contribution in [2.75, 3.05) is 10.6 Å². The van der Waals surface area contributed by atoms with Gasteiger partial charge in [-0.2, -0.15) is 0 Å². The van der Waals surface area contributed by atoms with E-state index in [2.05, 4.69) is 10.6 Å². The zero-order chi connectivity index (χ0) is 20.5. The Balaban J connectivity index is 1.50. The van der Waals surface area contributed by atoms with Crippen LogP contribution >= 0.6 is 0 Å². The predicted octanol–water partition coefficient (Wildman–Crippen LogP) is 4.88. The molecule has 1 aliphatic heterocycles. The van der Waals surface area contributed by atoms with Gasteiger partial charge in [-0.1, -0.05) is 31.4 Å². The summed E-state index contributed by atoms with van der Waals surface area (Å²) in [4.78, 5) is 39.5. The second-order valence-electron chi connectivity index (χ2n) is 7.93. The Labute approximate surface area is 170 Å². The van der Waals surface area contributed by atoms with E-state index in [9.17, 15) is 14.4 Å². The van der Waals surface area contributed by atoms with Crippen LogP contribution in [0.5, 0.6) is 0 Å². The van der Waals surface area contributed by atoms with E-state index in [1.54, 1.807) is 18.2 Å². The molecule has 4 amide bonds. The minimum absolute atomic E-state index is 0.0137. The fourth-order valence-electron chi connectivity index (χ4n) is 4.16. The molecule has 1 heterocycles. The molecular formula is C23H25N3O3. The number of nitrogens with zero attached hydrogens (tertiary/aromatic N) is 1. The van der Waals surface area contributed by atoms with Gasteiger partial charge in [-0.25, -0.2) is 4.79 Å². The lowest BCUT2D eigenvalue weighted by atomic mass is 9.94. The quantitative estimate of drug-likeness (QED) is 0.732. The summed E-state index contributed by atoms with van der Waals surface area (Å²) in [7, 11) is 0. The van der Waals surface area contributed by atoms with Crippen molar-refractivity contribution in [1.29, 1.82) is 0 Å². The van der Waals surface area contributed by atoms with Crippen molar-refractivity contribution < 1.29 is 14.4 Å². The van der Waals surface area contributed by atoms with Crippen molar-refractivity contribution in [1.82, 2.24) is 4.90 Å². The lowest BCUT2D eigenvalue weighted by Gasteiger charge is -2.29. The third-order valence-electron chi connectivity index (χ3n) is 5.76. The molecule has 1 aliphatic carbocycles. The minimum atomic E-state index is -0.389. The maximum Gasteiger partial charge on any atom is 0.323 e. The first-order chi connectivity index (χ1) is 13.9. The number of benzene rings is 2. The van der Waals surface area contributed by atoms with Gasteiger partial charge in [0.2, 0.25) is 0 Å². The van der Waals surface area contributed by atoms with Crippen molar-refractivity contribution in [3.8, 4) is 0 Å². The van der Waals surface area contributed by atoms with Crippen LogP contribution in [0.15, 0.2) is 36.4 Å². The summed E-state index contributed by atoms with van der Waals surface area (Å²) in [5, 5.41) is 5.60. The molecule has 2 N–H and O–H groups in total. The molecule has 2 aliphatic rings. The number of hydrogen-bond donors (Lipinski definition) is 2. The molecule has 0 saturated heterocycles. The van der Waals surface area contributed by atoms with Gasteiger partial charge in [0.05, 0.1) is 11.1 Å². The normalized spacial score (nSPS) is 16.7. The Hall–Kier alpha value is -3.15. The van der Waals surface area contributed by atoms with E-state index in [1.807, 2.05) is 32.0 Å². The largest absolute Gasteiger partial charge is 0.323 e. The topological polar surface area (TPSA) is 78.5 Å². The van der Waals surface area contributed by atoms with Crippen LogP contribution in [-0.4, -0.2) is 28.8 Å². The number of nitrogens with one attached hydrogen (secondary N) is 2. The van der Waals surface area contributed by atoms with Crippen LogP contribution in [0.3, 0.4) is 0 Å². The zero-order valence-electron chi connectivity index (χ0n) is 16.7. The molecule has 0 aromatic heterocycles. The van der Waals surface area contributed by atoms with Crippen LogP contribution in [0.25, 0.3) is 0 Å². The highest BCUT2D eigenvalue weighted by molar-refractivity contribution is 6.22. The summed E-state index contributed by atoms with van der Waals surface area (Å²) in [6.45, 7) is 3.89. The van der Waals surface area contributed by atoms with Gasteiger partial charge < -0.3 is 10.6 Å². The van der Waals surface area contributed by atoms with Crippen LogP contribution in [0.2, 0.25) is 0 Å². The maximum absolute atomic E-state index is 12.9. The van der Waals surface area contributed by atoms with Gasteiger partial charge >= 0.3 is 6.03 Å². The molecule has 0 atom stereocenters. The number of urea groups is 1. The first kappa shape index (κ1) is 19.2. The van der Waals surface area contributed by atoms with E-state index in [0.29, 0.717) is 16.8 Å². The molecular weight excluding hydrogens is 366 g/mol. The molecule has 1 saturated carbocycles. The van der Waals surface area contributed by atoms with E-state index >= 15 is 0 Å². The van der Waals surface area contributed by atoms with Gasteiger partial charge in [0.25, 0.3) is 11.8 Å². The predicted molar refractivity (Wildman–Crippen MR) is 112 cm³/mol. The van der Waals surface area contributed by atoms with Gasteiger partial charge in [0.1, 0.15) is 0 Å². The standard InChI is InChI=1S/C23H25N3O3/c1-14-8-9-15(2)20(12-14)25-23(29)24-16-10-11-18-19(13-16)22(28)26(21(18)27)17-6-4-3-5-7-17/h8-13,17H,3-7H2,1-2H3,(H2,24,25,29). The summed E-state index contributed by atoms with van der Waals surface area (Å²) in [6, 6.07) is 10.3. The molecule has 6 heteroatoms. The van der Waals surface area contributed by atoms with Gasteiger partial charge in [0.15, 0.2) is 0 Å². The Morgan fingerprint density at radius 2 is 1.62 bits per heavy atom. The maximum atomic E-state index is 12.9. The second kappa shape index (κ2) is 7.70. The van der Waals surface area contributed by atoms with Crippen molar-refractivity contribution in [3.63, 3.8) is 0 Å². The van der Waals surface area contributed by atoms with Crippen LogP contribution in [0.4, 0.5) is 16.2 Å². The average molecular weight is 391 g/mol. The molecule has 0 radical (unpaired) electrons. The number of rotatable bonds is 3. The summed E-state index contributed by atoms with van der Waals surface area (Å²) in [5.74, 6) is -0.473. The molecule has 0 bridgehead atoms. The average Bonchev–Trinajstić information content (AvgIpc) is 2.95. The van der Waals surface area contributed by atoms with Gasteiger partial charge in [0, 0.05) is 17.4 Å². The van der Waals surface area contributed by atoms with Crippen LogP contribution in [0, 0.1) is 13.8 Å². The van der Waals surface area contributed by atoms with E-state index in [0.717, 1.165) is 48.9 Å². The second-order valence-corrected chi connectivity index (χ2v) is 7.93. The molecule has 150 valence electrons. The van der Waals surface area contributed by atoms with Crippen molar-refractivity contribution in [3.05, 3.63) is 58.7 Å². The third kappa shape index (κ3) is 3.75. The monoisotopic (exact) mass is 391 g/mol. The Morgan fingerprint density at radius 3 is 2.38 bits per heavy atom. The van der Waals surface area contributed by atoms with Gasteiger partial charge in [-0.3, -0.25) is 14.5 Å². The summed E-state index contributed by atoms with van der Waals surface area (Å²) in [6.07, 6.45) is 4.99. The number of amides is 4. The van der Waals surface area contributed by atoms with Crippen LogP contribution in [-0.2, 0) is 0 Å². The molecule has 2 aromatic rings. The minimum Gasteiger partial charge on any atom is -0.308 e.